The van der Waals surface area contributed by atoms with Gasteiger partial charge in [0.1, 0.15) is 17.8 Å². The molecule has 1 aromatic carbocycles. The van der Waals surface area contributed by atoms with Gasteiger partial charge >= 0.3 is 0 Å². The van der Waals surface area contributed by atoms with Crippen molar-refractivity contribution in [2.24, 2.45) is 11.3 Å². The fraction of sp³-hybridized carbons (Fsp3) is 0.800. The summed E-state index contributed by atoms with van der Waals surface area (Å²) < 4.78 is 5.59. The molecule has 0 fully saturated rings. The minimum atomic E-state index is 0.214. The molecule has 0 saturated heterocycles. The van der Waals surface area contributed by atoms with Crippen LogP contribution in [0, 0.1) is 11.3 Å². The van der Waals surface area contributed by atoms with Crippen LogP contribution in [-0.2, 0) is 16.0 Å². The molecular formula is C40H76N2O3. The van der Waals surface area contributed by atoms with E-state index in [1.54, 1.807) is 6.92 Å². The van der Waals surface area contributed by atoms with Gasteiger partial charge < -0.3 is 24.1 Å². The van der Waals surface area contributed by atoms with Crippen molar-refractivity contribution < 1.29 is 14.3 Å². The van der Waals surface area contributed by atoms with Crippen LogP contribution in [0.2, 0.25) is 0 Å². The number of unbranched alkanes of at least 4 members (excludes halogenated alkanes) is 3. The number of fused-ring (bicyclic) bond motifs is 1. The Hall–Kier alpha value is -1.72. The molecular weight excluding hydrogens is 556 g/mol. The highest BCUT2D eigenvalue weighted by Gasteiger charge is 2.18. The first-order chi connectivity index (χ1) is 21.3. The van der Waals surface area contributed by atoms with Gasteiger partial charge in [0.2, 0.25) is 0 Å². The summed E-state index contributed by atoms with van der Waals surface area (Å²) >= 11 is 0. The Morgan fingerprint density at radius 1 is 0.956 bits per heavy atom. The number of hydrogen-bond donors (Lipinski definition) is 0. The lowest BCUT2D eigenvalue weighted by atomic mass is 9.85. The van der Waals surface area contributed by atoms with Gasteiger partial charge in [-0.2, -0.15) is 0 Å². The van der Waals surface area contributed by atoms with Crippen molar-refractivity contribution in [1.82, 2.24) is 9.80 Å². The van der Waals surface area contributed by atoms with Crippen LogP contribution >= 0.6 is 0 Å². The fourth-order valence-corrected chi connectivity index (χ4v) is 5.36. The molecule has 0 aliphatic carbocycles. The van der Waals surface area contributed by atoms with E-state index in [1.165, 1.54) is 82.1 Å². The molecule has 0 amide bonds. The third kappa shape index (κ3) is 26.1. The fourth-order valence-electron chi connectivity index (χ4n) is 5.36. The smallest absolute Gasteiger partial charge is 0.130 e. The van der Waals surface area contributed by atoms with Gasteiger partial charge in [-0.15, -0.1) is 0 Å². The van der Waals surface area contributed by atoms with Crippen LogP contribution in [-0.4, -0.2) is 69.3 Å². The maximum Gasteiger partial charge on any atom is 0.130 e. The van der Waals surface area contributed by atoms with Crippen LogP contribution in [0.25, 0.3) is 0 Å². The van der Waals surface area contributed by atoms with Crippen molar-refractivity contribution in [1.29, 1.82) is 0 Å². The molecule has 1 aliphatic rings. The van der Waals surface area contributed by atoms with Crippen molar-refractivity contribution in [3.63, 3.8) is 0 Å². The zero-order chi connectivity index (χ0) is 34.7. The third-order valence-corrected chi connectivity index (χ3v) is 8.53. The topological polar surface area (TPSA) is 49.9 Å². The van der Waals surface area contributed by atoms with Crippen molar-refractivity contribution in [3.05, 3.63) is 29.3 Å². The Kier molecular flexibility index (Phi) is 28.8. The van der Waals surface area contributed by atoms with Crippen molar-refractivity contribution in [2.75, 3.05) is 47.4 Å². The first-order valence-electron chi connectivity index (χ1n) is 18.3. The van der Waals surface area contributed by atoms with E-state index in [9.17, 15) is 9.59 Å². The average molecular weight is 633 g/mol. The Labute approximate surface area is 281 Å². The van der Waals surface area contributed by atoms with Gasteiger partial charge in [-0.3, -0.25) is 0 Å². The lowest BCUT2D eigenvalue weighted by Gasteiger charge is -2.20. The molecule has 5 nitrogen and oxygen atoms in total. The summed E-state index contributed by atoms with van der Waals surface area (Å²) in [5.74, 6) is 2.96. The number of nitrogens with zero attached hydrogens (tertiary/aromatic N) is 2. The minimum Gasteiger partial charge on any atom is -0.493 e. The molecule has 45 heavy (non-hydrogen) atoms. The Balaban J connectivity index is 0. The highest BCUT2D eigenvalue weighted by Crippen LogP contribution is 2.33. The molecule has 0 radical (unpaired) electrons. The maximum atomic E-state index is 10.6. The first kappa shape index (κ1) is 45.4. The monoisotopic (exact) mass is 633 g/mol. The second-order valence-electron chi connectivity index (χ2n) is 14.2. The number of ketones is 1. The molecule has 2 rings (SSSR count). The molecule has 5 heteroatoms. The van der Waals surface area contributed by atoms with Gasteiger partial charge in [0.25, 0.3) is 0 Å². The summed E-state index contributed by atoms with van der Waals surface area (Å²) in [5, 5.41) is 0. The van der Waals surface area contributed by atoms with Gasteiger partial charge in [0, 0.05) is 19.3 Å². The normalized spacial score (nSPS) is 13.3. The summed E-state index contributed by atoms with van der Waals surface area (Å²) in [6, 6.07) is 6.83. The molecule has 0 aromatic heterocycles. The van der Waals surface area contributed by atoms with E-state index in [0.29, 0.717) is 18.6 Å². The van der Waals surface area contributed by atoms with Crippen molar-refractivity contribution >= 4 is 12.1 Å². The van der Waals surface area contributed by atoms with Gasteiger partial charge in [-0.25, -0.2) is 0 Å². The first-order valence-corrected chi connectivity index (χ1v) is 18.3. The van der Waals surface area contributed by atoms with Crippen LogP contribution in [0.3, 0.4) is 0 Å². The number of rotatable bonds is 19. The molecule has 0 N–H and O–H groups in total. The van der Waals surface area contributed by atoms with Gasteiger partial charge in [-0.1, -0.05) is 93.2 Å². The zero-order valence-corrected chi connectivity index (χ0v) is 32.1. The summed E-state index contributed by atoms with van der Waals surface area (Å²) in [4.78, 5) is 24.7. The molecule has 1 heterocycles. The van der Waals surface area contributed by atoms with E-state index in [-0.39, 0.29) is 5.41 Å². The van der Waals surface area contributed by atoms with Crippen LogP contribution in [0.15, 0.2) is 18.2 Å². The van der Waals surface area contributed by atoms with Crippen molar-refractivity contribution in [3.8, 4) is 5.75 Å². The maximum absolute atomic E-state index is 10.6. The van der Waals surface area contributed by atoms with E-state index < -0.39 is 0 Å². The van der Waals surface area contributed by atoms with Crippen molar-refractivity contribution in [2.45, 2.75) is 152 Å². The highest BCUT2D eigenvalue weighted by atomic mass is 16.5. The summed E-state index contributed by atoms with van der Waals surface area (Å²) in [5.41, 5.74) is 3.14. The molecule has 264 valence electrons. The van der Waals surface area contributed by atoms with Crippen LogP contribution in [0.5, 0.6) is 5.75 Å². The number of carbonyl (C=O) groups is 2. The average Bonchev–Trinajstić information content (AvgIpc) is 3.46. The molecule has 2 unspecified atom stereocenters. The highest BCUT2D eigenvalue weighted by molar-refractivity contribution is 5.76. The number of carbonyl (C=O) groups excluding carboxylic acids is 2. The van der Waals surface area contributed by atoms with Crippen LogP contribution < -0.4 is 4.74 Å². The van der Waals surface area contributed by atoms with E-state index in [2.05, 4.69) is 97.6 Å². The number of ether oxygens (including phenoxy) is 1. The largest absolute Gasteiger partial charge is 0.493 e. The SMILES string of the molecule is CCC(C)(C)CC(C)=O.CCCC(C)CC(CC)c1ccc2c(c1)CCO2.CCCC=O.CCCCN(C)CCCCN(C)C. The summed E-state index contributed by atoms with van der Waals surface area (Å²) in [7, 11) is 6.51. The zero-order valence-electron chi connectivity index (χ0n) is 32.1. The molecule has 0 saturated carbocycles. The minimum absolute atomic E-state index is 0.214. The number of benzene rings is 1. The number of Topliss-reactive ketones (excluding diaryl/α,β-unsaturated/α-hetero) is 1. The van der Waals surface area contributed by atoms with Crippen LogP contribution in [0.4, 0.5) is 0 Å². The molecule has 1 aromatic rings. The molecule has 1 aliphatic heterocycles. The third-order valence-electron chi connectivity index (χ3n) is 8.53. The standard InChI is InChI=1S/C17H26O.C11H26N2.C8H16O.C4H8O/c1-4-6-13(3)11-14(5-2)15-7-8-17-16(12-15)9-10-18-17;1-5-6-10-13(4)11-8-7-9-12(2)3;1-5-8(3,4)6-7(2)9;1-2-3-4-5/h7-8,12-14H,4-6,9-11H2,1-3H3;5-11H2,1-4H3;5-6H2,1-4H3;4H,2-3H2,1H3. The van der Waals surface area contributed by atoms with E-state index in [1.807, 2.05) is 6.92 Å². The Morgan fingerprint density at radius 2 is 1.60 bits per heavy atom. The molecule has 2 atom stereocenters. The summed E-state index contributed by atoms with van der Waals surface area (Å²) in [6.07, 6.45) is 16.0. The number of hydrogen-bond acceptors (Lipinski definition) is 5. The van der Waals surface area contributed by atoms with Crippen LogP contribution in [0.1, 0.15) is 156 Å². The predicted octanol–water partition coefficient (Wildman–Crippen LogP) is 10.4. The van der Waals surface area contributed by atoms with E-state index in [4.69, 9.17) is 4.74 Å². The Morgan fingerprint density at radius 3 is 2.07 bits per heavy atom. The molecule has 0 bridgehead atoms. The van der Waals surface area contributed by atoms with E-state index >= 15 is 0 Å². The predicted molar refractivity (Wildman–Crippen MR) is 198 cm³/mol. The van der Waals surface area contributed by atoms with E-state index in [0.717, 1.165) is 49.7 Å². The van der Waals surface area contributed by atoms with Gasteiger partial charge in [-0.05, 0) is 121 Å². The van der Waals surface area contributed by atoms with Gasteiger partial charge in [0.05, 0.1) is 6.61 Å². The Bertz CT molecular complexity index is 852. The second-order valence-corrected chi connectivity index (χ2v) is 14.2. The lowest BCUT2D eigenvalue weighted by Crippen LogP contribution is -2.22. The lowest BCUT2D eigenvalue weighted by molar-refractivity contribution is -0.118. The van der Waals surface area contributed by atoms with Gasteiger partial charge in [0.15, 0.2) is 0 Å². The number of aldehydes is 1. The summed E-state index contributed by atoms with van der Waals surface area (Å²) in [6.45, 7) is 23.8. The second kappa shape index (κ2) is 28.5. The quantitative estimate of drug-likeness (QED) is 0.112. The molecule has 0 spiro atoms.